The van der Waals surface area contributed by atoms with Gasteiger partial charge in [0.15, 0.2) is 21.2 Å². The van der Waals surface area contributed by atoms with Crippen LogP contribution in [0.1, 0.15) is 24.0 Å². The molecule has 0 atom stereocenters. The maximum absolute atomic E-state index is 12.8. The molecule has 1 aliphatic rings. The van der Waals surface area contributed by atoms with E-state index >= 15 is 0 Å². The SMILES string of the molecule is Nc1noc2c(C=Cc3cnc(Nc4ccc(S(=O)(=O)C5CCNCC5)cc4)nc3)cccc12. The summed E-state index contributed by atoms with van der Waals surface area (Å²) in [6.45, 7) is 1.47. The summed E-state index contributed by atoms with van der Waals surface area (Å²) in [5, 5.41) is 10.5. The van der Waals surface area contributed by atoms with E-state index in [-0.39, 0.29) is 5.25 Å². The third-order valence-corrected chi connectivity index (χ3v) is 8.13. The maximum atomic E-state index is 12.8. The van der Waals surface area contributed by atoms with Crippen molar-refractivity contribution in [1.82, 2.24) is 20.4 Å². The number of nitrogens with zero attached hydrogens (tertiary/aromatic N) is 3. The van der Waals surface area contributed by atoms with Crippen LogP contribution in [0.25, 0.3) is 23.1 Å². The Labute approximate surface area is 197 Å². The number of sulfone groups is 1. The number of nitrogen functional groups attached to an aromatic ring is 1. The van der Waals surface area contributed by atoms with Crippen molar-refractivity contribution in [2.45, 2.75) is 23.0 Å². The number of nitrogens with one attached hydrogen (secondary N) is 2. The summed E-state index contributed by atoms with van der Waals surface area (Å²) in [7, 11) is -3.32. The lowest BCUT2D eigenvalue weighted by molar-refractivity contribution is 0.460. The van der Waals surface area contributed by atoms with Crippen molar-refractivity contribution in [3.05, 3.63) is 66.0 Å². The second kappa shape index (κ2) is 9.24. The van der Waals surface area contributed by atoms with Gasteiger partial charge in [-0.15, -0.1) is 0 Å². The molecule has 2 aromatic heterocycles. The molecule has 0 radical (unpaired) electrons. The molecule has 9 nitrogen and oxygen atoms in total. The molecule has 174 valence electrons. The number of benzene rings is 2. The van der Waals surface area contributed by atoms with Gasteiger partial charge in [-0.2, -0.15) is 0 Å². The molecule has 0 unspecified atom stereocenters. The van der Waals surface area contributed by atoms with Crippen LogP contribution in [-0.2, 0) is 9.84 Å². The van der Waals surface area contributed by atoms with Gasteiger partial charge in [-0.25, -0.2) is 18.4 Å². The van der Waals surface area contributed by atoms with E-state index in [4.69, 9.17) is 10.3 Å². The monoisotopic (exact) mass is 476 g/mol. The summed E-state index contributed by atoms with van der Waals surface area (Å²) in [5.41, 5.74) is 8.80. The maximum Gasteiger partial charge on any atom is 0.227 e. The van der Waals surface area contributed by atoms with Gasteiger partial charge in [0.1, 0.15) is 0 Å². The Hall–Kier alpha value is -3.76. The standard InChI is InChI=1S/C24H24N6O3S/c25-23-21-3-1-2-17(22(21)33-30-23)5-4-16-14-27-24(28-15-16)29-18-6-8-19(9-7-18)34(31,32)20-10-12-26-13-11-20/h1-9,14-15,20,26H,10-13H2,(H2,25,30)(H,27,28,29). The van der Waals surface area contributed by atoms with Crippen LogP contribution in [0.2, 0.25) is 0 Å². The molecule has 3 heterocycles. The lowest BCUT2D eigenvalue weighted by atomic mass is 10.1. The van der Waals surface area contributed by atoms with Gasteiger partial charge < -0.3 is 20.9 Å². The highest BCUT2D eigenvalue weighted by molar-refractivity contribution is 7.92. The lowest BCUT2D eigenvalue weighted by Crippen LogP contribution is -2.35. The summed E-state index contributed by atoms with van der Waals surface area (Å²) in [5.74, 6) is 0.775. The van der Waals surface area contributed by atoms with Crippen molar-refractivity contribution >= 4 is 50.4 Å². The molecule has 4 N–H and O–H groups in total. The van der Waals surface area contributed by atoms with E-state index in [1.54, 1.807) is 36.7 Å². The number of piperidine rings is 1. The van der Waals surface area contributed by atoms with Crippen molar-refractivity contribution in [2.75, 3.05) is 24.1 Å². The summed E-state index contributed by atoms with van der Waals surface area (Å²) in [6.07, 6.45) is 8.42. The van der Waals surface area contributed by atoms with E-state index in [9.17, 15) is 8.42 Å². The van der Waals surface area contributed by atoms with Crippen molar-refractivity contribution in [3.8, 4) is 0 Å². The molecule has 1 fully saturated rings. The Morgan fingerprint density at radius 1 is 1.03 bits per heavy atom. The number of anilines is 3. The summed E-state index contributed by atoms with van der Waals surface area (Å²) in [6, 6.07) is 12.4. The first-order chi connectivity index (χ1) is 16.5. The van der Waals surface area contributed by atoms with Gasteiger partial charge >= 0.3 is 0 Å². The van der Waals surface area contributed by atoms with E-state index in [1.165, 1.54) is 0 Å². The molecule has 4 aromatic rings. The fourth-order valence-corrected chi connectivity index (χ4v) is 5.72. The van der Waals surface area contributed by atoms with Crippen LogP contribution in [0.3, 0.4) is 0 Å². The van der Waals surface area contributed by atoms with Gasteiger partial charge in [-0.3, -0.25) is 0 Å². The van der Waals surface area contributed by atoms with Gasteiger partial charge in [-0.05, 0) is 56.3 Å². The molecule has 1 aliphatic heterocycles. The average Bonchev–Trinajstić information content (AvgIpc) is 3.26. The zero-order valence-corrected chi connectivity index (χ0v) is 19.1. The minimum atomic E-state index is -3.32. The highest BCUT2D eigenvalue weighted by atomic mass is 32.2. The predicted octanol–water partition coefficient (Wildman–Crippen LogP) is 3.64. The third kappa shape index (κ3) is 4.50. The minimum Gasteiger partial charge on any atom is -0.380 e. The fraction of sp³-hybridized carbons (Fsp3) is 0.208. The third-order valence-electron chi connectivity index (χ3n) is 5.85. The molecular weight excluding hydrogens is 452 g/mol. The topological polar surface area (TPSA) is 136 Å². The van der Waals surface area contributed by atoms with E-state index in [0.717, 1.165) is 29.6 Å². The van der Waals surface area contributed by atoms with E-state index < -0.39 is 9.84 Å². The van der Waals surface area contributed by atoms with Gasteiger partial charge in [0, 0.05) is 29.2 Å². The molecule has 34 heavy (non-hydrogen) atoms. The van der Waals surface area contributed by atoms with Crippen molar-refractivity contribution in [1.29, 1.82) is 0 Å². The average molecular weight is 477 g/mol. The van der Waals surface area contributed by atoms with Gasteiger partial charge in [-0.1, -0.05) is 29.4 Å². The van der Waals surface area contributed by atoms with Crippen LogP contribution in [0, 0.1) is 0 Å². The van der Waals surface area contributed by atoms with Crippen LogP contribution in [0.15, 0.2) is 64.3 Å². The molecule has 0 saturated carbocycles. The first kappa shape index (κ1) is 22.1. The Balaban J connectivity index is 1.25. The van der Waals surface area contributed by atoms with Gasteiger partial charge in [0.25, 0.3) is 0 Å². The first-order valence-corrected chi connectivity index (χ1v) is 12.5. The number of hydrogen-bond acceptors (Lipinski definition) is 9. The smallest absolute Gasteiger partial charge is 0.227 e. The number of para-hydroxylation sites is 1. The zero-order valence-electron chi connectivity index (χ0n) is 18.3. The largest absolute Gasteiger partial charge is 0.380 e. The molecule has 10 heteroatoms. The first-order valence-electron chi connectivity index (χ1n) is 11.0. The summed E-state index contributed by atoms with van der Waals surface area (Å²) in [4.78, 5) is 9.03. The number of aromatic nitrogens is 3. The normalized spacial score (nSPS) is 15.2. The lowest BCUT2D eigenvalue weighted by Gasteiger charge is -2.22. The zero-order chi connectivity index (χ0) is 23.5. The highest BCUT2D eigenvalue weighted by Crippen LogP contribution is 2.26. The molecule has 5 rings (SSSR count). The minimum absolute atomic E-state index is 0.329. The molecule has 2 aromatic carbocycles. The molecule has 0 amide bonds. The van der Waals surface area contributed by atoms with Crippen LogP contribution in [-0.4, -0.2) is 41.9 Å². The highest BCUT2D eigenvalue weighted by Gasteiger charge is 2.28. The van der Waals surface area contributed by atoms with Crippen LogP contribution >= 0.6 is 0 Å². The molecule has 0 spiro atoms. The Morgan fingerprint density at radius 2 is 1.76 bits per heavy atom. The van der Waals surface area contributed by atoms with Crippen molar-refractivity contribution in [2.24, 2.45) is 0 Å². The summed E-state index contributed by atoms with van der Waals surface area (Å²) >= 11 is 0. The number of hydrogen-bond donors (Lipinski definition) is 3. The Kier molecular flexibility index (Phi) is 5.99. The summed E-state index contributed by atoms with van der Waals surface area (Å²) < 4.78 is 31.0. The van der Waals surface area contributed by atoms with Crippen molar-refractivity contribution < 1.29 is 12.9 Å². The van der Waals surface area contributed by atoms with E-state index in [1.807, 2.05) is 30.4 Å². The van der Waals surface area contributed by atoms with Gasteiger partial charge in [0.2, 0.25) is 5.95 Å². The second-order valence-corrected chi connectivity index (χ2v) is 10.3. The van der Waals surface area contributed by atoms with Crippen molar-refractivity contribution in [3.63, 3.8) is 0 Å². The van der Waals surface area contributed by atoms with E-state index in [0.29, 0.717) is 40.8 Å². The van der Waals surface area contributed by atoms with Gasteiger partial charge in [0.05, 0.1) is 15.5 Å². The van der Waals surface area contributed by atoms with Crippen LogP contribution in [0.4, 0.5) is 17.5 Å². The number of nitrogens with two attached hydrogens (primary N) is 1. The number of fused-ring (bicyclic) bond motifs is 1. The molecular formula is C24H24N6O3S. The molecule has 0 aliphatic carbocycles. The number of rotatable bonds is 6. The Morgan fingerprint density at radius 3 is 2.50 bits per heavy atom. The Bertz CT molecular complexity index is 1420. The van der Waals surface area contributed by atoms with Crippen LogP contribution in [0.5, 0.6) is 0 Å². The predicted molar refractivity (Wildman–Crippen MR) is 132 cm³/mol. The van der Waals surface area contributed by atoms with Crippen LogP contribution < -0.4 is 16.4 Å². The molecule has 0 bridgehead atoms. The molecule has 1 saturated heterocycles. The second-order valence-electron chi connectivity index (χ2n) is 8.11. The fourth-order valence-electron chi connectivity index (χ4n) is 3.96. The quantitative estimate of drug-likeness (QED) is 0.381. The van der Waals surface area contributed by atoms with E-state index in [2.05, 4.69) is 25.8 Å².